The summed E-state index contributed by atoms with van der Waals surface area (Å²) < 4.78 is 0. The highest BCUT2D eigenvalue weighted by Gasteiger charge is 2.33. The number of hydrogen-bond acceptors (Lipinski definition) is 7. The van der Waals surface area contributed by atoms with Crippen molar-refractivity contribution in [3.05, 3.63) is 35.9 Å². The Morgan fingerprint density at radius 1 is 0.689 bits per heavy atom. The maximum Gasteiger partial charge on any atom is 0.325 e. The van der Waals surface area contributed by atoms with E-state index in [-0.39, 0.29) is 24.2 Å². The monoisotopic (exact) mass is 632 g/mol. The van der Waals surface area contributed by atoms with Gasteiger partial charge < -0.3 is 37.4 Å². The zero-order valence-corrected chi connectivity index (χ0v) is 27.7. The second-order valence-corrected chi connectivity index (χ2v) is 12.4. The molecule has 0 radical (unpaired) electrons. The fraction of sp³-hybridized carbons (Fsp3) is 0.625. The van der Waals surface area contributed by atoms with Gasteiger partial charge in [-0.1, -0.05) is 78.3 Å². The van der Waals surface area contributed by atoms with Crippen LogP contribution in [0, 0.1) is 17.8 Å². The maximum atomic E-state index is 13.4. The number of carboxylic acid groups (broad SMARTS) is 1. The fourth-order valence-electron chi connectivity index (χ4n) is 4.33. The first-order valence-electron chi connectivity index (χ1n) is 15.5. The molecule has 0 aromatic heterocycles. The molecule has 1 aromatic carbocycles. The highest BCUT2D eigenvalue weighted by molar-refractivity contribution is 5.96. The minimum atomic E-state index is -1.23. The molecule has 8 N–H and O–H groups in total. The summed E-state index contributed by atoms with van der Waals surface area (Å²) in [6.07, 6.45) is 0.932. The summed E-state index contributed by atoms with van der Waals surface area (Å²) in [5, 5.41) is 22.3. The molecule has 45 heavy (non-hydrogen) atoms. The van der Waals surface area contributed by atoms with E-state index in [0.29, 0.717) is 12.8 Å². The van der Waals surface area contributed by atoms with Gasteiger partial charge in [0.05, 0.1) is 6.04 Å². The van der Waals surface area contributed by atoms with E-state index in [1.54, 1.807) is 51.1 Å². The lowest BCUT2D eigenvalue weighted by Crippen LogP contribution is -2.60. The summed E-state index contributed by atoms with van der Waals surface area (Å²) in [4.78, 5) is 76.9. The molecule has 252 valence electrons. The van der Waals surface area contributed by atoms with E-state index in [9.17, 15) is 33.9 Å². The molecule has 0 aliphatic heterocycles. The van der Waals surface area contributed by atoms with Crippen LogP contribution in [0.25, 0.3) is 0 Å². The number of nitrogens with one attached hydrogen (secondary N) is 5. The molecule has 5 amide bonds. The van der Waals surface area contributed by atoms with E-state index < -0.39 is 71.8 Å². The Hall–Kier alpha value is -4.00. The molecule has 0 saturated carbocycles. The molecule has 0 aliphatic carbocycles. The van der Waals surface area contributed by atoms with Crippen molar-refractivity contribution in [1.82, 2.24) is 26.6 Å². The molecular formula is C32H52N6O7. The summed E-state index contributed by atoms with van der Waals surface area (Å²) in [5.41, 5.74) is 6.71. The first kappa shape index (κ1) is 39.0. The number of amides is 5. The van der Waals surface area contributed by atoms with Gasteiger partial charge in [0.1, 0.15) is 30.2 Å². The van der Waals surface area contributed by atoms with E-state index >= 15 is 0 Å². The third kappa shape index (κ3) is 13.3. The van der Waals surface area contributed by atoms with Crippen LogP contribution in [0.15, 0.2) is 30.3 Å². The third-order valence-corrected chi connectivity index (χ3v) is 7.55. The summed E-state index contributed by atoms with van der Waals surface area (Å²) in [7, 11) is 0. The second-order valence-electron chi connectivity index (χ2n) is 12.4. The van der Waals surface area contributed by atoms with E-state index in [1.807, 2.05) is 20.8 Å². The van der Waals surface area contributed by atoms with E-state index in [4.69, 9.17) is 5.73 Å². The molecule has 0 saturated heterocycles. The summed E-state index contributed by atoms with van der Waals surface area (Å²) in [6.45, 7) is 13.8. The zero-order valence-electron chi connectivity index (χ0n) is 27.7. The van der Waals surface area contributed by atoms with Crippen molar-refractivity contribution in [1.29, 1.82) is 0 Å². The number of hydrogen-bond donors (Lipinski definition) is 7. The van der Waals surface area contributed by atoms with Crippen LogP contribution in [0.4, 0.5) is 0 Å². The quantitative estimate of drug-likeness (QED) is 0.123. The van der Waals surface area contributed by atoms with Gasteiger partial charge in [-0.25, -0.2) is 0 Å². The van der Waals surface area contributed by atoms with Gasteiger partial charge >= 0.3 is 5.97 Å². The van der Waals surface area contributed by atoms with Gasteiger partial charge in [0.2, 0.25) is 29.5 Å². The number of carbonyl (C=O) groups is 6. The molecular weight excluding hydrogens is 580 g/mol. The normalized spacial score (nSPS) is 15.9. The Morgan fingerprint density at radius 3 is 1.73 bits per heavy atom. The standard InChI is InChI=1S/C32H52N6O7/c1-9-19(6)26(38-29(41)23(15-17(2)3)37-30(42)25(33)18(4)5)31(43)34-20(7)27(39)36-24(16-22-13-11-10-12-14-22)28(40)35-21(8)32(44)45/h10-14,17-21,23-26H,9,15-16,33H2,1-8H3,(H,34,43)(H,35,40)(H,36,39)(H,37,42)(H,38,41)(H,44,45)/t19-,20-,21-,23-,24-,25-,26-/m0/s1. The minimum absolute atomic E-state index is 0.0513. The van der Waals surface area contributed by atoms with Crippen LogP contribution in [0.3, 0.4) is 0 Å². The van der Waals surface area contributed by atoms with Crippen LogP contribution < -0.4 is 32.3 Å². The van der Waals surface area contributed by atoms with Gasteiger partial charge in [-0.05, 0) is 43.6 Å². The minimum Gasteiger partial charge on any atom is -0.480 e. The van der Waals surface area contributed by atoms with Gasteiger partial charge in [-0.2, -0.15) is 0 Å². The topological polar surface area (TPSA) is 209 Å². The molecule has 1 rings (SSSR count). The van der Waals surface area contributed by atoms with Crippen molar-refractivity contribution in [2.24, 2.45) is 23.5 Å². The van der Waals surface area contributed by atoms with Crippen LogP contribution >= 0.6 is 0 Å². The van der Waals surface area contributed by atoms with Crippen molar-refractivity contribution in [3.8, 4) is 0 Å². The highest BCUT2D eigenvalue weighted by Crippen LogP contribution is 2.12. The average Bonchev–Trinajstić information content (AvgIpc) is 2.97. The van der Waals surface area contributed by atoms with Gasteiger partial charge in [-0.3, -0.25) is 28.8 Å². The molecule has 0 fully saturated rings. The van der Waals surface area contributed by atoms with Gasteiger partial charge in [-0.15, -0.1) is 0 Å². The van der Waals surface area contributed by atoms with Crippen molar-refractivity contribution in [3.63, 3.8) is 0 Å². The molecule has 13 heteroatoms. The second kappa shape index (κ2) is 18.7. The molecule has 1 aromatic rings. The van der Waals surface area contributed by atoms with Gasteiger partial charge in [0, 0.05) is 6.42 Å². The Bertz CT molecular complexity index is 1160. The average molecular weight is 633 g/mol. The molecule has 0 heterocycles. The summed E-state index contributed by atoms with van der Waals surface area (Å²) >= 11 is 0. The Balaban J connectivity index is 3.08. The predicted molar refractivity (Wildman–Crippen MR) is 171 cm³/mol. The lowest BCUT2D eigenvalue weighted by atomic mass is 9.96. The smallest absolute Gasteiger partial charge is 0.325 e. The Labute approximate surface area is 266 Å². The Morgan fingerprint density at radius 2 is 1.22 bits per heavy atom. The lowest BCUT2D eigenvalue weighted by molar-refractivity contribution is -0.141. The van der Waals surface area contributed by atoms with Crippen LogP contribution in [-0.2, 0) is 35.2 Å². The van der Waals surface area contributed by atoms with Gasteiger partial charge in [0.15, 0.2) is 0 Å². The highest BCUT2D eigenvalue weighted by atomic mass is 16.4. The van der Waals surface area contributed by atoms with E-state index in [1.165, 1.54) is 13.8 Å². The van der Waals surface area contributed by atoms with Crippen molar-refractivity contribution in [2.75, 3.05) is 0 Å². The van der Waals surface area contributed by atoms with Crippen molar-refractivity contribution >= 4 is 35.5 Å². The predicted octanol–water partition coefficient (Wildman–Crippen LogP) is 0.853. The molecule has 7 atom stereocenters. The van der Waals surface area contributed by atoms with Crippen molar-refractivity contribution in [2.45, 2.75) is 111 Å². The fourth-order valence-corrected chi connectivity index (χ4v) is 4.33. The third-order valence-electron chi connectivity index (χ3n) is 7.55. The lowest BCUT2D eigenvalue weighted by Gasteiger charge is -2.29. The number of aliphatic carboxylic acids is 1. The molecule has 0 spiro atoms. The zero-order chi connectivity index (χ0) is 34.4. The first-order valence-corrected chi connectivity index (χ1v) is 15.5. The summed E-state index contributed by atoms with van der Waals surface area (Å²) in [6, 6.07) is 2.70. The van der Waals surface area contributed by atoms with E-state index in [2.05, 4.69) is 26.6 Å². The maximum absolute atomic E-state index is 13.4. The molecule has 0 unspecified atom stereocenters. The van der Waals surface area contributed by atoms with Crippen LogP contribution in [0.2, 0.25) is 0 Å². The van der Waals surface area contributed by atoms with Crippen LogP contribution in [0.5, 0.6) is 0 Å². The van der Waals surface area contributed by atoms with E-state index in [0.717, 1.165) is 5.56 Å². The number of benzene rings is 1. The number of nitrogens with two attached hydrogens (primary N) is 1. The number of carbonyl (C=O) groups excluding carboxylic acids is 5. The largest absolute Gasteiger partial charge is 0.480 e. The molecule has 0 bridgehead atoms. The Kier molecular flexibility index (Phi) is 16.2. The van der Waals surface area contributed by atoms with Crippen molar-refractivity contribution < 1.29 is 33.9 Å². The SMILES string of the molecule is CC[C@H](C)[C@H](NC(=O)[C@H](CC(C)C)NC(=O)[C@@H](N)C(C)C)C(=O)N[C@@H](C)C(=O)N[C@@H](Cc1ccccc1)C(=O)N[C@@H](C)C(=O)O. The van der Waals surface area contributed by atoms with Gasteiger partial charge in [0.25, 0.3) is 0 Å². The first-order chi connectivity index (χ1) is 21.0. The molecule has 13 nitrogen and oxygen atoms in total. The van der Waals surface area contributed by atoms with Crippen LogP contribution in [0.1, 0.15) is 73.8 Å². The van der Waals surface area contributed by atoms with Crippen LogP contribution in [-0.4, -0.2) is 76.9 Å². The number of rotatable bonds is 18. The number of carboxylic acids is 1. The summed E-state index contributed by atoms with van der Waals surface area (Å²) in [5.74, 6) is -4.64. The molecule has 0 aliphatic rings.